The van der Waals surface area contributed by atoms with E-state index >= 15 is 0 Å². The average Bonchev–Trinajstić information content (AvgIpc) is 3.26. The van der Waals surface area contributed by atoms with Crippen molar-refractivity contribution >= 4 is 17.2 Å². The first kappa shape index (κ1) is 24.0. The first-order valence-corrected chi connectivity index (χ1v) is 12.0. The number of hydrogen-bond donors (Lipinski definition) is 1. The van der Waals surface area contributed by atoms with E-state index in [1.54, 1.807) is 27.8 Å². The summed E-state index contributed by atoms with van der Waals surface area (Å²) in [7, 11) is 0. The molecule has 2 atom stereocenters. The van der Waals surface area contributed by atoms with Crippen molar-refractivity contribution in [1.82, 2.24) is 19.7 Å². The molecule has 0 unspecified atom stereocenters. The van der Waals surface area contributed by atoms with Gasteiger partial charge in [0.15, 0.2) is 16.5 Å². The Morgan fingerprint density at radius 3 is 2.56 bits per heavy atom. The summed E-state index contributed by atoms with van der Waals surface area (Å²) in [4.78, 5) is 28.1. The van der Waals surface area contributed by atoms with Crippen LogP contribution in [-0.4, -0.2) is 56.0 Å². The molecule has 0 aliphatic carbocycles. The second-order valence-corrected chi connectivity index (χ2v) is 9.62. The fourth-order valence-electron chi connectivity index (χ4n) is 4.28. The summed E-state index contributed by atoms with van der Waals surface area (Å²) in [6.45, 7) is 8.47. The van der Waals surface area contributed by atoms with Crippen LogP contribution in [0.25, 0.3) is 10.6 Å². The van der Waals surface area contributed by atoms with Crippen LogP contribution in [0.1, 0.15) is 54.8 Å². The second-order valence-electron chi connectivity index (χ2n) is 8.55. The zero-order valence-electron chi connectivity index (χ0n) is 19.5. The highest BCUT2D eigenvalue weighted by molar-refractivity contribution is 7.14. The lowest BCUT2D eigenvalue weighted by Gasteiger charge is -2.44. The maximum atomic E-state index is 13.3. The maximum absolute atomic E-state index is 13.3. The number of nitrogens with zero attached hydrogens (tertiary/aromatic N) is 4. The van der Waals surface area contributed by atoms with Gasteiger partial charge in [0, 0.05) is 25.3 Å². The number of benzene rings is 1. The lowest BCUT2D eigenvalue weighted by atomic mass is 9.99. The number of carbonyl (C=O) groups is 1. The predicted molar refractivity (Wildman–Crippen MR) is 127 cm³/mol. The van der Waals surface area contributed by atoms with Crippen LogP contribution in [0.5, 0.6) is 5.75 Å². The number of aromatic nitrogens is 3. The summed E-state index contributed by atoms with van der Waals surface area (Å²) in [5.74, 6) is -1.32. The average molecular weight is 487 g/mol. The molecule has 1 amide bonds. The third-order valence-electron chi connectivity index (χ3n) is 6.02. The molecule has 1 aliphatic heterocycles. The Labute approximate surface area is 200 Å². The van der Waals surface area contributed by atoms with Crippen molar-refractivity contribution in [2.24, 2.45) is 0 Å². The number of amides is 1. The van der Waals surface area contributed by atoms with Crippen LogP contribution < -0.4 is 5.43 Å². The van der Waals surface area contributed by atoms with Gasteiger partial charge in [0.1, 0.15) is 10.8 Å². The van der Waals surface area contributed by atoms with Gasteiger partial charge in [0.05, 0.1) is 24.3 Å². The molecule has 0 saturated heterocycles. The van der Waals surface area contributed by atoms with Gasteiger partial charge in [-0.15, -0.1) is 10.2 Å². The van der Waals surface area contributed by atoms with Crippen LogP contribution in [-0.2, 0) is 11.2 Å². The maximum Gasteiger partial charge on any atom is 0.275 e. The molecule has 0 bridgehead atoms. The fourth-order valence-corrected chi connectivity index (χ4v) is 5.16. The number of fused-ring (bicyclic) bond motifs is 1. The molecule has 34 heavy (non-hydrogen) atoms. The number of rotatable bonds is 7. The molecule has 180 valence electrons. The van der Waals surface area contributed by atoms with E-state index in [0.29, 0.717) is 29.6 Å². The van der Waals surface area contributed by atoms with Crippen molar-refractivity contribution in [2.75, 3.05) is 13.2 Å². The minimum atomic E-state index is -0.664. The van der Waals surface area contributed by atoms with Gasteiger partial charge in [0.25, 0.3) is 5.91 Å². The van der Waals surface area contributed by atoms with E-state index in [0.717, 1.165) is 5.56 Å². The standard InChI is InChI=1S/C24H27FN4O4S/c1-5-33-12-18-14(4)28-11-17(21(30)22(31)20(28)24(32)29(18)13(2)3)23-27-26-19(34-23)10-15-6-8-16(25)9-7-15/h6-9,11,13-14,18,31H,5,10,12H2,1-4H3/t14-,18+/m0/s1. The Kier molecular flexibility index (Phi) is 6.81. The minimum Gasteiger partial charge on any atom is -0.503 e. The van der Waals surface area contributed by atoms with E-state index < -0.39 is 17.1 Å². The first-order valence-electron chi connectivity index (χ1n) is 11.2. The van der Waals surface area contributed by atoms with Crippen molar-refractivity contribution in [1.29, 1.82) is 0 Å². The van der Waals surface area contributed by atoms with E-state index in [9.17, 15) is 19.1 Å². The summed E-state index contributed by atoms with van der Waals surface area (Å²) in [6, 6.07) is 5.44. The smallest absolute Gasteiger partial charge is 0.275 e. The highest BCUT2D eigenvalue weighted by Gasteiger charge is 2.41. The molecule has 4 rings (SSSR count). The van der Waals surface area contributed by atoms with E-state index in [-0.39, 0.29) is 35.2 Å². The van der Waals surface area contributed by atoms with Crippen LogP contribution in [0.3, 0.4) is 0 Å². The number of pyridine rings is 1. The number of hydrogen-bond acceptors (Lipinski definition) is 7. The molecule has 0 radical (unpaired) electrons. The molecule has 3 heterocycles. The van der Waals surface area contributed by atoms with Crippen LogP contribution in [0.2, 0.25) is 0 Å². The molecule has 0 saturated carbocycles. The Bertz CT molecular complexity index is 1250. The molecule has 1 aromatic carbocycles. The summed E-state index contributed by atoms with van der Waals surface area (Å²) < 4.78 is 20.5. The van der Waals surface area contributed by atoms with Gasteiger partial charge in [-0.1, -0.05) is 23.5 Å². The van der Waals surface area contributed by atoms with E-state index in [1.807, 2.05) is 27.7 Å². The van der Waals surface area contributed by atoms with Crippen molar-refractivity contribution in [3.8, 4) is 16.3 Å². The largest absolute Gasteiger partial charge is 0.503 e. The zero-order valence-corrected chi connectivity index (χ0v) is 20.3. The van der Waals surface area contributed by atoms with Gasteiger partial charge in [-0.2, -0.15) is 0 Å². The lowest BCUT2D eigenvalue weighted by molar-refractivity contribution is 0.0124. The number of ether oxygens (including phenoxy) is 1. The van der Waals surface area contributed by atoms with E-state index in [2.05, 4.69) is 10.2 Å². The molecular weight excluding hydrogens is 459 g/mol. The van der Waals surface area contributed by atoms with E-state index in [4.69, 9.17) is 4.74 Å². The zero-order chi connectivity index (χ0) is 24.6. The number of aromatic hydroxyl groups is 1. The molecule has 3 aromatic rings. The monoisotopic (exact) mass is 486 g/mol. The van der Waals surface area contributed by atoms with Crippen LogP contribution in [0.4, 0.5) is 4.39 Å². The molecule has 0 fully saturated rings. The van der Waals surface area contributed by atoms with Gasteiger partial charge >= 0.3 is 0 Å². The number of halogens is 1. The van der Waals surface area contributed by atoms with Gasteiger partial charge in [-0.3, -0.25) is 9.59 Å². The summed E-state index contributed by atoms with van der Waals surface area (Å²) in [6.07, 6.45) is 2.02. The van der Waals surface area contributed by atoms with Crippen LogP contribution in [0, 0.1) is 5.82 Å². The third-order valence-corrected chi connectivity index (χ3v) is 6.97. The first-order chi connectivity index (χ1) is 16.2. The third kappa shape index (κ3) is 4.35. The van der Waals surface area contributed by atoms with Gasteiger partial charge in [-0.05, 0) is 45.4 Å². The van der Waals surface area contributed by atoms with Gasteiger partial charge < -0.3 is 19.3 Å². The van der Waals surface area contributed by atoms with Crippen molar-refractivity contribution in [3.05, 3.63) is 62.8 Å². The molecular formula is C24H27FN4O4S. The Hall–Kier alpha value is -3.11. The summed E-state index contributed by atoms with van der Waals surface area (Å²) in [5.41, 5.74) is 0.347. The summed E-state index contributed by atoms with van der Waals surface area (Å²) in [5, 5.41) is 20.1. The highest BCUT2D eigenvalue weighted by atomic mass is 32.1. The van der Waals surface area contributed by atoms with Crippen LogP contribution in [0.15, 0.2) is 35.3 Å². The number of carbonyl (C=O) groups excluding carboxylic acids is 1. The minimum absolute atomic E-state index is 0.0289. The predicted octanol–water partition coefficient (Wildman–Crippen LogP) is 3.63. The molecule has 8 nitrogen and oxygen atoms in total. The lowest BCUT2D eigenvalue weighted by Crippen LogP contribution is -2.55. The Morgan fingerprint density at radius 2 is 1.91 bits per heavy atom. The van der Waals surface area contributed by atoms with Crippen LogP contribution >= 0.6 is 11.3 Å². The van der Waals surface area contributed by atoms with E-state index in [1.165, 1.54) is 23.5 Å². The van der Waals surface area contributed by atoms with Gasteiger partial charge in [-0.25, -0.2) is 4.39 Å². The molecule has 2 aromatic heterocycles. The molecule has 1 N–H and O–H groups in total. The highest BCUT2D eigenvalue weighted by Crippen LogP contribution is 2.34. The SMILES string of the molecule is CCOC[C@@H]1[C@H](C)n2cc(-c3nnc(Cc4ccc(F)cc4)s3)c(=O)c(O)c2C(=O)N1C(C)C. The van der Waals surface area contributed by atoms with Crippen molar-refractivity contribution < 1.29 is 19.0 Å². The normalized spacial score (nSPS) is 17.9. The Morgan fingerprint density at radius 1 is 1.21 bits per heavy atom. The molecule has 1 aliphatic rings. The Balaban J connectivity index is 1.74. The van der Waals surface area contributed by atoms with Crippen molar-refractivity contribution in [3.63, 3.8) is 0 Å². The van der Waals surface area contributed by atoms with Gasteiger partial charge in [0.2, 0.25) is 5.43 Å². The summed E-state index contributed by atoms with van der Waals surface area (Å²) >= 11 is 1.22. The van der Waals surface area contributed by atoms with Crippen molar-refractivity contribution in [2.45, 2.75) is 52.2 Å². The molecule has 0 spiro atoms. The quantitative estimate of drug-likeness (QED) is 0.548. The second kappa shape index (κ2) is 9.63. The fraction of sp³-hybridized carbons (Fsp3) is 0.417. The topological polar surface area (TPSA) is 97.5 Å². The molecule has 10 heteroatoms.